The Morgan fingerprint density at radius 1 is 1.10 bits per heavy atom. The average molecular weight is 361 g/mol. The molecule has 0 aliphatic carbocycles. The zero-order chi connectivity index (χ0) is 15.6. The van der Waals surface area contributed by atoms with Crippen molar-refractivity contribution in [1.29, 1.82) is 0 Å². The van der Waals surface area contributed by atoms with Crippen LogP contribution in [-0.4, -0.2) is 13.4 Å². The molecule has 21 heavy (non-hydrogen) atoms. The molecule has 0 saturated carbocycles. The molecule has 110 valence electrons. The van der Waals surface area contributed by atoms with Crippen LogP contribution >= 0.6 is 35.4 Å². The fourth-order valence-electron chi connectivity index (χ4n) is 1.59. The third-order valence-electron chi connectivity index (χ3n) is 2.60. The number of sulfonamides is 1. The molecule has 8 heteroatoms. The van der Waals surface area contributed by atoms with Crippen molar-refractivity contribution >= 4 is 56.1 Å². The summed E-state index contributed by atoms with van der Waals surface area (Å²) in [5.74, 6) is 0. The number of rotatable bonds is 4. The second kappa shape index (κ2) is 6.19. The van der Waals surface area contributed by atoms with Crippen LogP contribution in [0.5, 0.6) is 0 Å². The Balaban J connectivity index is 2.35. The van der Waals surface area contributed by atoms with E-state index in [9.17, 15) is 8.42 Å². The normalized spacial score (nSPS) is 11.1. The Morgan fingerprint density at radius 2 is 1.81 bits per heavy atom. The number of hydrogen-bond acceptors (Lipinski definition) is 3. The van der Waals surface area contributed by atoms with Gasteiger partial charge in [0.25, 0.3) is 10.0 Å². The number of nitrogens with two attached hydrogens (primary N) is 1. The molecule has 0 aromatic heterocycles. The van der Waals surface area contributed by atoms with Crippen molar-refractivity contribution in [1.82, 2.24) is 0 Å². The summed E-state index contributed by atoms with van der Waals surface area (Å²) in [5.41, 5.74) is 6.44. The summed E-state index contributed by atoms with van der Waals surface area (Å²) < 4.78 is 27.0. The Kier molecular flexibility index (Phi) is 4.73. The monoisotopic (exact) mass is 360 g/mol. The van der Waals surface area contributed by atoms with Crippen molar-refractivity contribution in [3.63, 3.8) is 0 Å². The van der Waals surface area contributed by atoms with Crippen LogP contribution in [0.4, 0.5) is 5.69 Å². The molecule has 0 heterocycles. The molecule has 3 N–H and O–H groups in total. The van der Waals surface area contributed by atoms with Gasteiger partial charge in [0.2, 0.25) is 0 Å². The molecule has 0 bridgehead atoms. The second-order valence-corrected chi connectivity index (χ2v) is 7.06. The molecule has 4 nitrogen and oxygen atoms in total. The van der Waals surface area contributed by atoms with Crippen LogP contribution in [0.1, 0.15) is 5.56 Å². The summed E-state index contributed by atoms with van der Waals surface area (Å²) in [4.78, 5) is 0.197. The molecule has 0 radical (unpaired) electrons. The van der Waals surface area contributed by atoms with Gasteiger partial charge in [0.15, 0.2) is 0 Å². The summed E-state index contributed by atoms with van der Waals surface area (Å²) in [6, 6.07) is 10.6. The van der Waals surface area contributed by atoms with E-state index in [4.69, 9.17) is 41.2 Å². The first-order chi connectivity index (χ1) is 9.79. The van der Waals surface area contributed by atoms with Gasteiger partial charge in [0.1, 0.15) is 4.99 Å². The van der Waals surface area contributed by atoms with E-state index in [-0.39, 0.29) is 19.9 Å². The van der Waals surface area contributed by atoms with Gasteiger partial charge in [-0.25, -0.2) is 8.42 Å². The second-order valence-electron chi connectivity index (χ2n) is 4.13. The maximum Gasteiger partial charge on any atom is 0.261 e. The number of benzene rings is 2. The van der Waals surface area contributed by atoms with Gasteiger partial charge in [0.05, 0.1) is 14.9 Å². The minimum Gasteiger partial charge on any atom is -0.389 e. The van der Waals surface area contributed by atoms with Gasteiger partial charge in [-0.1, -0.05) is 47.6 Å². The molecular formula is C13H10Cl2N2O2S2. The maximum absolute atomic E-state index is 12.3. The first kappa shape index (κ1) is 16.0. The molecule has 2 aromatic rings. The topological polar surface area (TPSA) is 72.2 Å². The summed E-state index contributed by atoms with van der Waals surface area (Å²) in [6.07, 6.45) is 0. The minimum absolute atomic E-state index is 0.0117. The average Bonchev–Trinajstić information content (AvgIpc) is 2.41. The van der Waals surface area contributed by atoms with Gasteiger partial charge in [-0.3, -0.25) is 4.72 Å². The van der Waals surface area contributed by atoms with E-state index in [0.717, 1.165) is 0 Å². The van der Waals surface area contributed by atoms with Crippen LogP contribution in [-0.2, 0) is 10.0 Å². The van der Waals surface area contributed by atoms with Crippen LogP contribution in [0.25, 0.3) is 0 Å². The summed E-state index contributed by atoms with van der Waals surface area (Å²) >= 11 is 16.5. The molecule has 0 unspecified atom stereocenters. The Labute approximate surface area is 137 Å². The predicted octanol–water partition coefficient (Wildman–Crippen LogP) is 3.43. The SMILES string of the molecule is NC(=S)c1cccc(NS(=O)(=O)c2ccc(Cl)c(Cl)c2)c1. The Bertz CT molecular complexity index is 808. The lowest BCUT2D eigenvalue weighted by Crippen LogP contribution is -2.14. The summed E-state index contributed by atoms with van der Waals surface area (Å²) in [6.45, 7) is 0. The lowest BCUT2D eigenvalue weighted by Gasteiger charge is -2.10. The van der Waals surface area contributed by atoms with E-state index in [0.29, 0.717) is 11.3 Å². The van der Waals surface area contributed by atoms with Gasteiger partial charge < -0.3 is 5.73 Å². The molecule has 2 aromatic carbocycles. The van der Waals surface area contributed by atoms with Gasteiger partial charge in [0, 0.05) is 11.3 Å². The zero-order valence-electron chi connectivity index (χ0n) is 10.5. The standard InChI is InChI=1S/C13H10Cl2N2O2S2/c14-11-5-4-10(7-12(11)15)21(18,19)17-9-3-1-2-8(6-9)13(16)20/h1-7,17H,(H2,16,20). The van der Waals surface area contributed by atoms with Gasteiger partial charge in [-0.15, -0.1) is 0 Å². The molecule has 0 aliphatic rings. The highest BCUT2D eigenvalue weighted by Gasteiger charge is 2.16. The van der Waals surface area contributed by atoms with E-state index in [1.807, 2.05) is 0 Å². The fraction of sp³-hybridized carbons (Fsp3) is 0. The number of hydrogen-bond donors (Lipinski definition) is 2. The highest BCUT2D eigenvalue weighted by Crippen LogP contribution is 2.26. The van der Waals surface area contributed by atoms with Crippen molar-refractivity contribution in [2.24, 2.45) is 5.73 Å². The molecule has 0 spiro atoms. The van der Waals surface area contributed by atoms with Crippen LogP contribution < -0.4 is 10.5 Å². The van der Waals surface area contributed by atoms with Gasteiger partial charge in [-0.05, 0) is 30.3 Å². The quantitative estimate of drug-likeness (QED) is 0.819. The number of nitrogens with one attached hydrogen (secondary N) is 1. The Morgan fingerprint density at radius 3 is 2.43 bits per heavy atom. The largest absolute Gasteiger partial charge is 0.389 e. The molecular weight excluding hydrogens is 351 g/mol. The minimum atomic E-state index is -3.77. The summed E-state index contributed by atoms with van der Waals surface area (Å²) in [5, 5.41) is 0.447. The van der Waals surface area contributed by atoms with Crippen LogP contribution in [0.15, 0.2) is 47.4 Å². The van der Waals surface area contributed by atoms with Crippen molar-refractivity contribution in [3.8, 4) is 0 Å². The van der Waals surface area contributed by atoms with E-state index in [1.54, 1.807) is 24.3 Å². The predicted molar refractivity (Wildman–Crippen MR) is 89.6 cm³/mol. The zero-order valence-corrected chi connectivity index (χ0v) is 13.7. The molecule has 2 rings (SSSR count). The number of halogens is 2. The van der Waals surface area contributed by atoms with E-state index >= 15 is 0 Å². The van der Waals surface area contributed by atoms with E-state index in [2.05, 4.69) is 4.72 Å². The fourth-order valence-corrected chi connectivity index (χ4v) is 3.16. The van der Waals surface area contributed by atoms with Crippen molar-refractivity contribution in [2.75, 3.05) is 4.72 Å². The first-order valence-electron chi connectivity index (χ1n) is 5.67. The highest BCUT2D eigenvalue weighted by molar-refractivity contribution is 7.92. The summed E-state index contributed by atoms with van der Waals surface area (Å²) in [7, 11) is -3.77. The number of anilines is 1. The molecule has 0 saturated heterocycles. The lowest BCUT2D eigenvalue weighted by atomic mass is 10.2. The van der Waals surface area contributed by atoms with E-state index in [1.165, 1.54) is 18.2 Å². The van der Waals surface area contributed by atoms with Crippen LogP contribution in [0.2, 0.25) is 10.0 Å². The van der Waals surface area contributed by atoms with Crippen molar-refractivity contribution in [3.05, 3.63) is 58.1 Å². The highest BCUT2D eigenvalue weighted by atomic mass is 35.5. The molecule has 0 atom stereocenters. The molecule has 0 amide bonds. The Hall–Kier alpha value is -1.34. The van der Waals surface area contributed by atoms with Crippen LogP contribution in [0, 0.1) is 0 Å². The van der Waals surface area contributed by atoms with E-state index < -0.39 is 10.0 Å². The van der Waals surface area contributed by atoms with Crippen molar-refractivity contribution < 1.29 is 8.42 Å². The maximum atomic E-state index is 12.3. The third-order valence-corrected chi connectivity index (χ3v) is 4.95. The van der Waals surface area contributed by atoms with Gasteiger partial charge >= 0.3 is 0 Å². The third kappa shape index (κ3) is 3.85. The first-order valence-corrected chi connectivity index (χ1v) is 8.32. The molecule has 0 fully saturated rings. The molecule has 0 aliphatic heterocycles. The van der Waals surface area contributed by atoms with Crippen LogP contribution in [0.3, 0.4) is 0 Å². The number of thiocarbonyl (C=S) groups is 1. The van der Waals surface area contributed by atoms with Gasteiger partial charge in [-0.2, -0.15) is 0 Å². The smallest absolute Gasteiger partial charge is 0.261 e. The lowest BCUT2D eigenvalue weighted by molar-refractivity contribution is 0.601. The van der Waals surface area contributed by atoms with Crippen molar-refractivity contribution in [2.45, 2.75) is 4.90 Å².